The van der Waals surface area contributed by atoms with Crippen molar-refractivity contribution in [3.05, 3.63) is 48.0 Å². The van der Waals surface area contributed by atoms with Crippen molar-refractivity contribution in [3.63, 3.8) is 0 Å². The van der Waals surface area contributed by atoms with E-state index in [4.69, 9.17) is 9.47 Å². The van der Waals surface area contributed by atoms with Gasteiger partial charge in [-0.2, -0.15) is 0 Å². The van der Waals surface area contributed by atoms with Crippen molar-refractivity contribution >= 4 is 21.6 Å². The third-order valence-electron chi connectivity index (χ3n) is 4.45. The van der Waals surface area contributed by atoms with Crippen molar-refractivity contribution in [1.29, 1.82) is 0 Å². The van der Waals surface area contributed by atoms with Crippen LogP contribution >= 0.6 is 0 Å². The van der Waals surface area contributed by atoms with Gasteiger partial charge in [0.25, 0.3) is 10.0 Å². The van der Waals surface area contributed by atoms with E-state index in [1.165, 1.54) is 12.1 Å². The fourth-order valence-corrected chi connectivity index (χ4v) is 4.27. The van der Waals surface area contributed by atoms with E-state index in [2.05, 4.69) is 10.0 Å². The van der Waals surface area contributed by atoms with Crippen molar-refractivity contribution < 1.29 is 22.7 Å². The first-order chi connectivity index (χ1) is 12.5. The van der Waals surface area contributed by atoms with Crippen LogP contribution < -0.4 is 19.5 Å². The molecule has 2 aliphatic rings. The molecular formula is C18H18N2O5S. The number of anilines is 1. The second kappa shape index (κ2) is 6.53. The summed E-state index contributed by atoms with van der Waals surface area (Å²) in [7, 11) is -3.80. The minimum absolute atomic E-state index is 0.0282. The second-order valence-corrected chi connectivity index (χ2v) is 7.89. The molecule has 0 saturated carbocycles. The molecule has 2 heterocycles. The van der Waals surface area contributed by atoms with Gasteiger partial charge in [0.15, 0.2) is 11.5 Å². The molecule has 1 unspecified atom stereocenters. The van der Waals surface area contributed by atoms with Crippen LogP contribution in [0.4, 0.5) is 5.69 Å². The first-order valence-corrected chi connectivity index (χ1v) is 9.79. The van der Waals surface area contributed by atoms with Gasteiger partial charge >= 0.3 is 0 Å². The Labute approximate surface area is 151 Å². The van der Waals surface area contributed by atoms with Crippen LogP contribution in [0.25, 0.3) is 0 Å². The van der Waals surface area contributed by atoms with Crippen molar-refractivity contribution in [3.8, 4) is 11.5 Å². The highest BCUT2D eigenvalue weighted by Crippen LogP contribution is 2.34. The molecule has 7 nitrogen and oxygen atoms in total. The Kier molecular flexibility index (Phi) is 4.20. The number of nitrogens with one attached hydrogen (secondary N) is 2. The van der Waals surface area contributed by atoms with Crippen molar-refractivity contribution in [1.82, 2.24) is 5.32 Å². The van der Waals surface area contributed by atoms with E-state index in [0.717, 1.165) is 5.56 Å². The highest BCUT2D eigenvalue weighted by Gasteiger charge is 2.27. The van der Waals surface area contributed by atoms with E-state index in [0.29, 0.717) is 43.4 Å². The van der Waals surface area contributed by atoms with Crippen LogP contribution in [-0.2, 0) is 14.8 Å². The zero-order chi connectivity index (χ0) is 18.1. The molecule has 0 bridgehead atoms. The predicted octanol–water partition coefficient (Wildman–Crippen LogP) is 1.86. The van der Waals surface area contributed by atoms with Gasteiger partial charge in [0.05, 0.1) is 10.6 Å². The summed E-state index contributed by atoms with van der Waals surface area (Å²) < 4.78 is 39.2. The summed E-state index contributed by atoms with van der Waals surface area (Å²) in [5, 5.41) is 2.78. The topological polar surface area (TPSA) is 93.7 Å². The second-order valence-electron chi connectivity index (χ2n) is 6.20. The fraction of sp³-hybridized carbons (Fsp3) is 0.278. The van der Waals surface area contributed by atoms with Gasteiger partial charge in [-0.3, -0.25) is 9.52 Å². The molecule has 0 aliphatic carbocycles. The average molecular weight is 374 g/mol. The largest absolute Gasteiger partial charge is 0.486 e. The smallest absolute Gasteiger partial charge is 0.262 e. The van der Waals surface area contributed by atoms with Gasteiger partial charge in [0.1, 0.15) is 13.2 Å². The van der Waals surface area contributed by atoms with Crippen LogP contribution in [0.1, 0.15) is 17.9 Å². The number of ether oxygens (including phenoxy) is 2. The van der Waals surface area contributed by atoms with Gasteiger partial charge in [0.2, 0.25) is 5.91 Å². The molecule has 1 atom stereocenters. The fourth-order valence-electron chi connectivity index (χ4n) is 3.17. The van der Waals surface area contributed by atoms with Crippen LogP contribution in [0.2, 0.25) is 0 Å². The van der Waals surface area contributed by atoms with Gasteiger partial charge in [-0.05, 0) is 23.8 Å². The van der Waals surface area contributed by atoms with Gasteiger partial charge in [-0.25, -0.2) is 8.42 Å². The maximum absolute atomic E-state index is 12.8. The molecule has 2 aliphatic heterocycles. The van der Waals surface area contributed by atoms with E-state index in [1.807, 2.05) is 12.1 Å². The summed E-state index contributed by atoms with van der Waals surface area (Å²) >= 11 is 0. The first-order valence-electron chi connectivity index (χ1n) is 8.31. The quantitative estimate of drug-likeness (QED) is 0.852. The van der Waals surface area contributed by atoms with E-state index in [1.54, 1.807) is 18.2 Å². The van der Waals surface area contributed by atoms with E-state index in [9.17, 15) is 13.2 Å². The molecule has 2 aromatic rings. The third-order valence-corrected chi connectivity index (χ3v) is 5.81. The molecule has 0 radical (unpaired) electrons. The van der Waals surface area contributed by atoms with Crippen molar-refractivity contribution in [2.45, 2.75) is 17.2 Å². The van der Waals surface area contributed by atoms with E-state index >= 15 is 0 Å². The molecule has 136 valence electrons. The lowest BCUT2D eigenvalue weighted by Crippen LogP contribution is -2.18. The maximum atomic E-state index is 12.8. The Morgan fingerprint density at radius 2 is 1.81 bits per heavy atom. The summed E-state index contributed by atoms with van der Waals surface area (Å²) in [5.41, 5.74) is 1.27. The first kappa shape index (κ1) is 16.7. The number of carbonyl (C=O) groups is 1. The highest BCUT2D eigenvalue weighted by molar-refractivity contribution is 7.92. The van der Waals surface area contributed by atoms with Gasteiger partial charge < -0.3 is 14.8 Å². The lowest BCUT2D eigenvalue weighted by atomic mass is 9.97. The van der Waals surface area contributed by atoms with Crippen molar-refractivity contribution in [2.75, 3.05) is 24.5 Å². The van der Waals surface area contributed by atoms with Crippen molar-refractivity contribution in [2.24, 2.45) is 0 Å². The third kappa shape index (κ3) is 3.20. The molecule has 4 rings (SSSR count). The van der Waals surface area contributed by atoms with Gasteiger partial charge in [0, 0.05) is 24.9 Å². The Morgan fingerprint density at radius 3 is 2.58 bits per heavy atom. The number of fused-ring (bicyclic) bond motifs is 1. The summed E-state index contributed by atoms with van der Waals surface area (Å²) in [6, 6.07) is 11.7. The summed E-state index contributed by atoms with van der Waals surface area (Å²) in [4.78, 5) is 11.6. The molecule has 2 N–H and O–H groups in total. The zero-order valence-electron chi connectivity index (χ0n) is 13.9. The Bertz CT molecular complexity index is 958. The molecule has 1 fully saturated rings. The van der Waals surface area contributed by atoms with E-state index in [-0.39, 0.29) is 16.7 Å². The van der Waals surface area contributed by atoms with Crippen LogP contribution in [-0.4, -0.2) is 34.1 Å². The molecule has 0 aromatic heterocycles. The number of sulfonamides is 1. The van der Waals surface area contributed by atoms with Crippen LogP contribution in [0.3, 0.4) is 0 Å². The number of para-hydroxylation sites is 1. The number of rotatable bonds is 4. The number of benzene rings is 2. The maximum Gasteiger partial charge on any atom is 0.262 e. The summed E-state index contributed by atoms with van der Waals surface area (Å²) in [5.74, 6) is 0.866. The molecule has 8 heteroatoms. The summed E-state index contributed by atoms with van der Waals surface area (Å²) in [6.07, 6.45) is 0.350. The molecular weight excluding hydrogens is 356 g/mol. The highest BCUT2D eigenvalue weighted by atomic mass is 32.2. The molecule has 0 spiro atoms. The molecule has 1 saturated heterocycles. The minimum atomic E-state index is -3.80. The van der Waals surface area contributed by atoms with Crippen LogP contribution in [0, 0.1) is 0 Å². The predicted molar refractivity (Wildman–Crippen MR) is 95.1 cm³/mol. The lowest BCUT2D eigenvalue weighted by Gasteiger charge is -2.20. The average Bonchev–Trinajstić information content (AvgIpc) is 3.07. The number of hydrogen-bond acceptors (Lipinski definition) is 5. The minimum Gasteiger partial charge on any atom is -0.486 e. The molecule has 1 amide bonds. The van der Waals surface area contributed by atoms with Crippen LogP contribution in [0.15, 0.2) is 47.4 Å². The SMILES string of the molecule is O=C1CC(c2ccccc2NS(=O)(=O)c2ccc3c(c2)OCCO3)CN1. The number of carbonyl (C=O) groups excluding carboxylic acids is 1. The monoisotopic (exact) mass is 374 g/mol. The molecule has 2 aromatic carbocycles. The van der Waals surface area contributed by atoms with E-state index < -0.39 is 10.0 Å². The number of hydrogen-bond donors (Lipinski definition) is 2. The lowest BCUT2D eigenvalue weighted by molar-refractivity contribution is -0.119. The van der Waals surface area contributed by atoms with Gasteiger partial charge in [-0.15, -0.1) is 0 Å². The van der Waals surface area contributed by atoms with Gasteiger partial charge in [-0.1, -0.05) is 18.2 Å². The molecule has 26 heavy (non-hydrogen) atoms. The summed E-state index contributed by atoms with van der Waals surface area (Å²) in [6.45, 7) is 1.33. The Morgan fingerprint density at radius 1 is 1.04 bits per heavy atom. The number of amides is 1. The Hall–Kier alpha value is -2.74. The zero-order valence-corrected chi connectivity index (χ0v) is 14.7. The Balaban J connectivity index is 1.63. The normalized spacial score (nSPS) is 19.1. The standard InChI is InChI=1S/C18H18N2O5S/c21-18-9-12(11-19-18)14-3-1-2-4-15(14)20-26(22,23)13-5-6-16-17(10-13)25-8-7-24-16/h1-6,10,12,20H,7-9,11H2,(H,19,21). The van der Waals surface area contributed by atoms with Crippen LogP contribution in [0.5, 0.6) is 11.5 Å².